The average molecular weight is 482 g/mol. The average Bonchev–Trinajstić information content (AvgIpc) is 2.86. The largest absolute Gasteiger partial charge is 0.467 e. The molecule has 1 N–H and O–H groups in total. The summed E-state index contributed by atoms with van der Waals surface area (Å²) in [5, 5.41) is 9.66. The Bertz CT molecular complexity index is 1000. The van der Waals surface area contributed by atoms with Crippen molar-refractivity contribution in [2.75, 3.05) is 32.2 Å². The van der Waals surface area contributed by atoms with Gasteiger partial charge < -0.3 is 10.1 Å². The molecule has 0 bridgehead atoms. The van der Waals surface area contributed by atoms with E-state index in [4.69, 9.17) is 4.74 Å². The van der Waals surface area contributed by atoms with E-state index in [1.54, 1.807) is 11.8 Å². The number of piperidine rings is 1. The lowest BCUT2D eigenvalue weighted by molar-refractivity contribution is -0.142. The highest BCUT2D eigenvalue weighted by molar-refractivity contribution is 7.98. The van der Waals surface area contributed by atoms with Crippen LogP contribution in [0.15, 0.2) is 47.6 Å². The lowest BCUT2D eigenvalue weighted by atomic mass is 9.93. The van der Waals surface area contributed by atoms with Crippen LogP contribution in [0.2, 0.25) is 0 Å². The number of carbonyl (C=O) groups is 2. The van der Waals surface area contributed by atoms with Gasteiger partial charge >= 0.3 is 5.97 Å². The Morgan fingerprint density at radius 2 is 1.91 bits per heavy atom. The first kappa shape index (κ1) is 25.8. The summed E-state index contributed by atoms with van der Waals surface area (Å²) in [6.07, 6.45) is 8.81. The zero-order valence-electron chi connectivity index (χ0n) is 20.4. The number of thioether (sulfide) groups is 1. The number of amides is 1. The predicted octanol–water partition coefficient (Wildman–Crippen LogP) is 4.70. The molecule has 0 spiro atoms. The van der Waals surface area contributed by atoms with Gasteiger partial charge in [-0.15, -0.1) is 0 Å². The quantitative estimate of drug-likeness (QED) is 0.393. The van der Waals surface area contributed by atoms with Crippen LogP contribution in [0, 0.1) is 6.92 Å². The number of methoxy groups -OCH3 is 1. The SMILES string of the molecule is COC(=O)[C@H](CCSC)NC(=O)c1ccc(CC=NN2CCCCC2)cc1-c1ccccc1C. The second-order valence-electron chi connectivity index (χ2n) is 8.54. The van der Waals surface area contributed by atoms with Gasteiger partial charge in [-0.3, -0.25) is 9.80 Å². The van der Waals surface area contributed by atoms with Crippen molar-refractivity contribution in [2.45, 2.75) is 45.1 Å². The van der Waals surface area contributed by atoms with Gasteiger partial charge in [-0.2, -0.15) is 16.9 Å². The number of ether oxygens (including phenoxy) is 1. The van der Waals surface area contributed by atoms with E-state index in [0.717, 1.165) is 41.1 Å². The fourth-order valence-electron chi connectivity index (χ4n) is 4.13. The fourth-order valence-corrected chi connectivity index (χ4v) is 4.60. The van der Waals surface area contributed by atoms with Crippen molar-refractivity contribution in [1.82, 2.24) is 10.3 Å². The minimum Gasteiger partial charge on any atom is -0.467 e. The number of aryl methyl sites for hydroxylation is 1. The molecule has 7 heteroatoms. The maximum Gasteiger partial charge on any atom is 0.328 e. The van der Waals surface area contributed by atoms with Crippen molar-refractivity contribution in [2.24, 2.45) is 5.10 Å². The lowest BCUT2D eigenvalue weighted by Crippen LogP contribution is -2.42. The summed E-state index contributed by atoms with van der Waals surface area (Å²) in [6, 6.07) is 13.2. The second kappa shape index (κ2) is 13.2. The van der Waals surface area contributed by atoms with E-state index >= 15 is 0 Å². The monoisotopic (exact) mass is 481 g/mol. The number of nitrogens with zero attached hydrogens (tertiary/aromatic N) is 2. The first-order valence-electron chi connectivity index (χ1n) is 11.9. The van der Waals surface area contributed by atoms with Gasteiger partial charge in [0.1, 0.15) is 6.04 Å². The predicted molar refractivity (Wildman–Crippen MR) is 141 cm³/mol. The maximum atomic E-state index is 13.3. The van der Waals surface area contributed by atoms with Crippen LogP contribution in [-0.4, -0.2) is 61.3 Å². The molecular weight excluding hydrogens is 446 g/mol. The molecule has 1 amide bonds. The molecule has 1 heterocycles. The molecule has 1 saturated heterocycles. The molecule has 0 aromatic heterocycles. The topological polar surface area (TPSA) is 71.0 Å². The van der Waals surface area contributed by atoms with Crippen LogP contribution in [0.4, 0.5) is 0 Å². The van der Waals surface area contributed by atoms with Crippen LogP contribution in [-0.2, 0) is 16.0 Å². The number of hydrogen-bond donors (Lipinski definition) is 1. The Labute approximate surface area is 207 Å². The van der Waals surface area contributed by atoms with Gasteiger partial charge in [-0.25, -0.2) is 4.79 Å². The van der Waals surface area contributed by atoms with Crippen molar-refractivity contribution in [3.05, 3.63) is 59.2 Å². The van der Waals surface area contributed by atoms with E-state index in [-0.39, 0.29) is 5.91 Å². The van der Waals surface area contributed by atoms with Crippen molar-refractivity contribution in [3.63, 3.8) is 0 Å². The lowest BCUT2D eigenvalue weighted by Gasteiger charge is -2.23. The van der Waals surface area contributed by atoms with Gasteiger partial charge in [0.25, 0.3) is 5.91 Å². The number of nitrogens with one attached hydrogen (secondary N) is 1. The summed E-state index contributed by atoms with van der Waals surface area (Å²) in [5.74, 6) is 0.0497. The van der Waals surface area contributed by atoms with E-state index in [0.29, 0.717) is 18.4 Å². The summed E-state index contributed by atoms with van der Waals surface area (Å²) in [6.45, 7) is 4.07. The number of esters is 1. The molecular formula is C27H35N3O3S. The molecule has 1 fully saturated rings. The highest BCUT2D eigenvalue weighted by Gasteiger charge is 2.23. The zero-order chi connectivity index (χ0) is 24.3. The molecule has 0 aliphatic carbocycles. The molecule has 3 rings (SSSR count). The Hall–Kier alpha value is -2.80. The molecule has 182 valence electrons. The van der Waals surface area contributed by atoms with Gasteiger partial charge in [0, 0.05) is 31.3 Å². The minimum atomic E-state index is -0.675. The van der Waals surface area contributed by atoms with Crippen LogP contribution in [0.1, 0.15) is 47.2 Å². The summed E-state index contributed by atoms with van der Waals surface area (Å²) < 4.78 is 4.91. The zero-order valence-corrected chi connectivity index (χ0v) is 21.2. The first-order chi connectivity index (χ1) is 16.5. The van der Waals surface area contributed by atoms with E-state index in [2.05, 4.69) is 21.5 Å². The number of rotatable bonds is 10. The molecule has 0 unspecified atom stereocenters. The third kappa shape index (κ3) is 7.10. The summed E-state index contributed by atoms with van der Waals surface area (Å²) in [5.41, 5.74) is 4.57. The molecule has 2 aromatic rings. The maximum absolute atomic E-state index is 13.3. The van der Waals surface area contributed by atoms with E-state index in [9.17, 15) is 9.59 Å². The van der Waals surface area contributed by atoms with Crippen LogP contribution < -0.4 is 5.32 Å². The molecule has 34 heavy (non-hydrogen) atoms. The molecule has 0 radical (unpaired) electrons. The van der Waals surface area contributed by atoms with Gasteiger partial charge in [0.05, 0.1) is 7.11 Å². The highest BCUT2D eigenvalue weighted by atomic mass is 32.2. The Morgan fingerprint density at radius 3 is 2.62 bits per heavy atom. The van der Waals surface area contributed by atoms with E-state index in [1.165, 1.54) is 26.4 Å². The number of benzene rings is 2. The molecule has 2 aromatic carbocycles. The van der Waals surface area contributed by atoms with Gasteiger partial charge in [-0.1, -0.05) is 30.3 Å². The second-order valence-corrected chi connectivity index (χ2v) is 9.53. The fraction of sp³-hybridized carbons (Fsp3) is 0.444. The summed E-state index contributed by atoms with van der Waals surface area (Å²) in [7, 11) is 1.35. The summed E-state index contributed by atoms with van der Waals surface area (Å²) in [4.78, 5) is 25.5. The van der Waals surface area contributed by atoms with Crippen molar-refractivity contribution < 1.29 is 14.3 Å². The smallest absolute Gasteiger partial charge is 0.328 e. The molecule has 0 saturated carbocycles. The standard InChI is InChI=1S/C27H35N3O3S/c1-20-9-5-6-10-22(20)24-19-21(13-15-28-30-16-7-4-8-17-30)11-12-23(24)26(31)29-25(14-18-34-3)27(32)33-2/h5-6,9-12,15,19,25H,4,7-8,13-14,16-18H2,1-3H3,(H,29,31)/t25-/m0/s1. The van der Waals surface area contributed by atoms with Gasteiger partial charge in [0.15, 0.2) is 0 Å². The van der Waals surface area contributed by atoms with Crippen molar-refractivity contribution in [1.29, 1.82) is 0 Å². The number of hydrogen-bond acceptors (Lipinski definition) is 6. The van der Waals surface area contributed by atoms with Gasteiger partial charge in [0.2, 0.25) is 0 Å². The Kier molecular flexibility index (Phi) is 10.0. The summed E-state index contributed by atoms with van der Waals surface area (Å²) >= 11 is 1.63. The van der Waals surface area contributed by atoms with Crippen molar-refractivity contribution >= 4 is 29.9 Å². The third-order valence-corrected chi connectivity index (χ3v) is 6.71. The highest BCUT2D eigenvalue weighted by Crippen LogP contribution is 2.28. The minimum absolute atomic E-state index is 0.275. The van der Waals surface area contributed by atoms with Gasteiger partial charge in [-0.05, 0) is 79.0 Å². The molecule has 1 aliphatic rings. The van der Waals surface area contributed by atoms with Crippen LogP contribution in [0.5, 0.6) is 0 Å². The van der Waals surface area contributed by atoms with Crippen LogP contribution in [0.3, 0.4) is 0 Å². The normalized spacial score (nSPS) is 14.7. The van der Waals surface area contributed by atoms with Crippen molar-refractivity contribution in [3.8, 4) is 11.1 Å². The number of carbonyl (C=O) groups excluding carboxylic acids is 2. The van der Waals surface area contributed by atoms with E-state index in [1.807, 2.05) is 55.8 Å². The molecule has 1 atom stereocenters. The van der Waals surface area contributed by atoms with E-state index < -0.39 is 12.0 Å². The third-order valence-electron chi connectivity index (χ3n) is 6.07. The Morgan fingerprint density at radius 1 is 1.15 bits per heavy atom. The number of hydrazone groups is 1. The van der Waals surface area contributed by atoms with Crippen LogP contribution >= 0.6 is 11.8 Å². The van der Waals surface area contributed by atoms with Crippen LogP contribution in [0.25, 0.3) is 11.1 Å². The molecule has 6 nitrogen and oxygen atoms in total. The Balaban J connectivity index is 1.86. The first-order valence-corrected chi connectivity index (χ1v) is 13.3. The molecule has 1 aliphatic heterocycles.